The molecule has 0 radical (unpaired) electrons. The summed E-state index contributed by atoms with van der Waals surface area (Å²) in [5.74, 6) is 0.910. The first-order valence-corrected chi connectivity index (χ1v) is 10.6. The summed E-state index contributed by atoms with van der Waals surface area (Å²) in [6, 6.07) is 10.9. The smallest absolute Gasteiger partial charge is 0.407 e. The molecule has 0 spiro atoms. The van der Waals surface area contributed by atoms with E-state index in [2.05, 4.69) is 5.32 Å². The van der Waals surface area contributed by atoms with E-state index in [1.807, 2.05) is 11.5 Å². The molecule has 1 fully saturated rings. The van der Waals surface area contributed by atoms with Gasteiger partial charge in [0.1, 0.15) is 12.6 Å². The van der Waals surface area contributed by atoms with Gasteiger partial charge in [-0.1, -0.05) is 36.4 Å². The van der Waals surface area contributed by atoms with E-state index in [1.54, 1.807) is 30.3 Å². The number of ether oxygens (including phenoxy) is 1. The summed E-state index contributed by atoms with van der Waals surface area (Å²) < 4.78 is 34.9. The van der Waals surface area contributed by atoms with Gasteiger partial charge in [-0.3, -0.25) is 15.0 Å². The molecule has 33 heavy (non-hydrogen) atoms. The summed E-state index contributed by atoms with van der Waals surface area (Å²) >= 11 is 0. The number of halogens is 2. The van der Waals surface area contributed by atoms with E-state index in [4.69, 9.17) is 10.6 Å². The highest BCUT2D eigenvalue weighted by molar-refractivity contribution is 6.02. The molecule has 0 bridgehead atoms. The van der Waals surface area contributed by atoms with Crippen LogP contribution in [0, 0.1) is 0 Å². The average molecular weight is 458 g/mol. The van der Waals surface area contributed by atoms with Gasteiger partial charge in [0.15, 0.2) is 0 Å². The average Bonchev–Trinajstić information content (AvgIpc) is 3.14. The number of carbonyl (C=O) groups excluding carboxylic acids is 3. The molecule has 1 heterocycles. The highest BCUT2D eigenvalue weighted by atomic mass is 19.3. The largest absolute Gasteiger partial charge is 0.445 e. The maximum Gasteiger partial charge on any atom is 0.407 e. The number of hydrazine groups is 1. The summed E-state index contributed by atoms with van der Waals surface area (Å²) in [4.78, 5) is 38.6. The Morgan fingerprint density at radius 2 is 1.94 bits per heavy atom. The zero-order valence-electron chi connectivity index (χ0n) is 17.7. The number of nitrogens with two attached hydrogens (primary N) is 1. The van der Waals surface area contributed by atoms with Crippen LogP contribution in [0.15, 0.2) is 48.5 Å². The number of nitrogens with zero attached hydrogens (tertiary/aromatic N) is 1. The highest BCUT2D eigenvalue weighted by Crippen LogP contribution is 2.39. The molecule has 0 saturated heterocycles. The van der Waals surface area contributed by atoms with Crippen LogP contribution < -0.4 is 16.6 Å². The van der Waals surface area contributed by atoms with Gasteiger partial charge in [0.25, 0.3) is 17.7 Å². The third-order valence-corrected chi connectivity index (χ3v) is 6.07. The normalized spacial score (nSPS) is 21.3. The van der Waals surface area contributed by atoms with Crippen molar-refractivity contribution in [1.29, 1.82) is 0 Å². The van der Waals surface area contributed by atoms with Crippen LogP contribution in [0.25, 0.3) is 0 Å². The molecule has 2 atom stereocenters. The number of hydrogen-bond donors (Lipinski definition) is 3. The zero-order chi connectivity index (χ0) is 23.6. The third-order valence-electron chi connectivity index (χ3n) is 6.07. The minimum Gasteiger partial charge on any atom is -0.445 e. The van der Waals surface area contributed by atoms with Gasteiger partial charge in [0, 0.05) is 24.1 Å². The minimum atomic E-state index is -3.21. The Labute approximate surface area is 189 Å². The topological polar surface area (TPSA) is 114 Å². The minimum absolute atomic E-state index is 0.0598. The SMILES string of the molecule is NNC(=O)c1ccc2c(c1)C(=O)N([C@@H]1CCCC(F)(F)[C@@H]1NC(=O)OCc1ccccc1)C2. The van der Waals surface area contributed by atoms with Crippen LogP contribution in [-0.4, -0.2) is 40.8 Å². The summed E-state index contributed by atoms with van der Waals surface area (Å²) in [7, 11) is 0. The van der Waals surface area contributed by atoms with E-state index in [9.17, 15) is 23.2 Å². The van der Waals surface area contributed by atoms with Crippen molar-refractivity contribution in [1.82, 2.24) is 15.6 Å². The molecule has 1 aliphatic carbocycles. The van der Waals surface area contributed by atoms with Gasteiger partial charge >= 0.3 is 6.09 Å². The Balaban J connectivity index is 1.50. The van der Waals surface area contributed by atoms with E-state index < -0.39 is 42.3 Å². The maximum absolute atomic E-state index is 14.9. The molecule has 10 heteroatoms. The molecule has 2 aromatic carbocycles. The Hall–Kier alpha value is -3.53. The van der Waals surface area contributed by atoms with Gasteiger partial charge in [0.05, 0.1) is 6.04 Å². The fraction of sp³-hybridized carbons (Fsp3) is 0.348. The van der Waals surface area contributed by atoms with Crippen LogP contribution >= 0.6 is 0 Å². The van der Waals surface area contributed by atoms with Crippen molar-refractivity contribution in [2.45, 2.75) is 50.4 Å². The van der Waals surface area contributed by atoms with Crippen LogP contribution in [0.4, 0.5) is 13.6 Å². The number of fused-ring (bicyclic) bond motifs is 1. The second-order valence-corrected chi connectivity index (χ2v) is 8.18. The zero-order valence-corrected chi connectivity index (χ0v) is 17.7. The monoisotopic (exact) mass is 458 g/mol. The van der Waals surface area contributed by atoms with Crippen molar-refractivity contribution in [3.63, 3.8) is 0 Å². The number of benzene rings is 2. The first-order chi connectivity index (χ1) is 15.8. The second kappa shape index (κ2) is 9.14. The molecular weight excluding hydrogens is 434 g/mol. The Kier molecular flexibility index (Phi) is 6.28. The standard InChI is InChI=1S/C23H24F2N4O4/c24-23(25)10-4-7-18(19(23)27-22(32)33-13-14-5-2-1-3-6-14)29-12-16-9-8-15(20(30)28-26)11-17(16)21(29)31/h1-3,5-6,8-9,11,18-19H,4,7,10,12-13,26H2,(H,27,32)(H,28,30)/t18-,19-/m1/s1. The van der Waals surface area contributed by atoms with Gasteiger partial charge in [-0.15, -0.1) is 0 Å². The lowest BCUT2D eigenvalue weighted by Gasteiger charge is -2.42. The number of amides is 3. The molecule has 174 valence electrons. The number of hydrogen-bond acceptors (Lipinski definition) is 5. The van der Waals surface area contributed by atoms with Crippen molar-refractivity contribution in [3.05, 3.63) is 70.8 Å². The number of nitrogens with one attached hydrogen (secondary N) is 2. The molecule has 8 nitrogen and oxygen atoms in total. The molecule has 4 N–H and O–H groups in total. The van der Waals surface area contributed by atoms with E-state index in [-0.39, 0.29) is 30.7 Å². The van der Waals surface area contributed by atoms with Gasteiger partial charge < -0.3 is 15.0 Å². The summed E-state index contributed by atoms with van der Waals surface area (Å²) in [6.45, 7) is 0.0480. The van der Waals surface area contributed by atoms with Gasteiger partial charge in [0.2, 0.25) is 0 Å². The predicted octanol–water partition coefficient (Wildman–Crippen LogP) is 2.73. The second-order valence-electron chi connectivity index (χ2n) is 8.18. The van der Waals surface area contributed by atoms with Gasteiger partial charge in [-0.25, -0.2) is 19.4 Å². The number of alkyl carbamates (subject to hydrolysis) is 1. The molecule has 4 rings (SSSR count). The van der Waals surface area contributed by atoms with E-state index in [0.717, 1.165) is 5.56 Å². The first kappa shape index (κ1) is 22.7. The fourth-order valence-electron chi connectivity index (χ4n) is 4.40. The quantitative estimate of drug-likeness (QED) is 0.362. The predicted molar refractivity (Wildman–Crippen MR) is 114 cm³/mol. The van der Waals surface area contributed by atoms with E-state index in [1.165, 1.54) is 17.0 Å². The molecule has 0 aromatic heterocycles. The number of rotatable bonds is 5. The molecule has 1 saturated carbocycles. The van der Waals surface area contributed by atoms with Crippen molar-refractivity contribution >= 4 is 17.9 Å². The van der Waals surface area contributed by atoms with Crippen LogP contribution in [0.3, 0.4) is 0 Å². The maximum atomic E-state index is 14.9. The highest BCUT2D eigenvalue weighted by Gasteiger charge is 2.52. The number of carbonyl (C=O) groups is 3. The van der Waals surface area contributed by atoms with Gasteiger partial charge in [-0.05, 0) is 36.1 Å². The van der Waals surface area contributed by atoms with Crippen molar-refractivity contribution in [2.24, 2.45) is 5.84 Å². The van der Waals surface area contributed by atoms with Crippen LogP contribution in [0.1, 0.15) is 51.1 Å². The van der Waals surface area contributed by atoms with Crippen molar-refractivity contribution < 1.29 is 27.9 Å². The lowest BCUT2D eigenvalue weighted by Crippen LogP contribution is -2.62. The van der Waals surface area contributed by atoms with E-state index in [0.29, 0.717) is 12.0 Å². The fourth-order valence-corrected chi connectivity index (χ4v) is 4.40. The molecular formula is C23H24F2N4O4. The third kappa shape index (κ3) is 4.65. The number of alkyl halides is 2. The summed E-state index contributed by atoms with van der Waals surface area (Å²) in [5.41, 5.74) is 3.80. The summed E-state index contributed by atoms with van der Waals surface area (Å²) in [6.07, 6.45) is -0.866. The van der Waals surface area contributed by atoms with Crippen molar-refractivity contribution in [3.8, 4) is 0 Å². The lowest BCUT2D eigenvalue weighted by atomic mass is 9.86. The Bertz CT molecular complexity index is 1060. The molecule has 3 amide bonds. The molecule has 1 aliphatic heterocycles. The Morgan fingerprint density at radius 3 is 2.67 bits per heavy atom. The lowest BCUT2D eigenvalue weighted by molar-refractivity contribution is -0.0886. The molecule has 0 unspecified atom stereocenters. The van der Waals surface area contributed by atoms with Crippen LogP contribution in [0.5, 0.6) is 0 Å². The summed E-state index contributed by atoms with van der Waals surface area (Å²) in [5, 5.41) is 2.31. The molecule has 2 aliphatic rings. The van der Waals surface area contributed by atoms with Crippen LogP contribution in [0.2, 0.25) is 0 Å². The molecule has 2 aromatic rings. The van der Waals surface area contributed by atoms with Crippen LogP contribution in [-0.2, 0) is 17.9 Å². The Morgan fingerprint density at radius 1 is 1.18 bits per heavy atom. The van der Waals surface area contributed by atoms with E-state index >= 15 is 0 Å². The van der Waals surface area contributed by atoms with Gasteiger partial charge in [-0.2, -0.15) is 0 Å². The number of nitrogen functional groups attached to an aromatic ring is 1. The van der Waals surface area contributed by atoms with Crippen molar-refractivity contribution in [2.75, 3.05) is 0 Å². The first-order valence-electron chi connectivity index (χ1n) is 10.6.